The first-order valence-corrected chi connectivity index (χ1v) is 7.18. The lowest BCUT2D eigenvalue weighted by molar-refractivity contribution is 0.264. The zero-order chi connectivity index (χ0) is 14.4. The summed E-state index contributed by atoms with van der Waals surface area (Å²) < 4.78 is 0. The molecule has 2 nitrogen and oxygen atoms in total. The summed E-state index contributed by atoms with van der Waals surface area (Å²) in [5.74, 6) is 0.422. The Kier molecular flexibility index (Phi) is 5.19. The number of benzene rings is 2. The molecule has 0 saturated carbocycles. The second-order valence-corrected chi connectivity index (χ2v) is 5.44. The van der Waals surface area contributed by atoms with Crippen LogP contribution in [0.15, 0.2) is 54.6 Å². The number of anilines is 1. The lowest BCUT2D eigenvalue weighted by atomic mass is 9.94. The van der Waals surface area contributed by atoms with Crippen LogP contribution in [0.3, 0.4) is 0 Å². The number of hydrogen-bond acceptors (Lipinski definition) is 2. The van der Waals surface area contributed by atoms with Crippen LogP contribution in [-0.4, -0.2) is 17.8 Å². The van der Waals surface area contributed by atoms with E-state index in [2.05, 4.69) is 67.7 Å². The highest BCUT2D eigenvalue weighted by Gasteiger charge is 2.13. The molecule has 2 unspecified atom stereocenters. The summed E-state index contributed by atoms with van der Waals surface area (Å²) >= 11 is 0. The minimum absolute atomic E-state index is 0.0768. The topological polar surface area (TPSA) is 32.3 Å². The zero-order valence-electron chi connectivity index (χ0n) is 12.2. The number of aliphatic hydroxyl groups excluding tert-OH is 1. The van der Waals surface area contributed by atoms with Gasteiger partial charge in [0.25, 0.3) is 0 Å². The summed E-state index contributed by atoms with van der Waals surface area (Å²) in [6.07, 6.45) is 0.911. The Bertz CT molecular complexity index is 507. The van der Waals surface area contributed by atoms with Crippen molar-refractivity contribution in [2.45, 2.75) is 32.2 Å². The van der Waals surface area contributed by atoms with Crippen LogP contribution in [-0.2, 0) is 0 Å². The summed E-state index contributed by atoms with van der Waals surface area (Å²) in [6.45, 7) is 4.42. The van der Waals surface area contributed by atoms with Crippen molar-refractivity contribution in [1.29, 1.82) is 0 Å². The molecule has 106 valence electrons. The van der Waals surface area contributed by atoms with Gasteiger partial charge in [-0.25, -0.2) is 0 Å². The van der Waals surface area contributed by atoms with Crippen LogP contribution in [0.2, 0.25) is 0 Å². The van der Waals surface area contributed by atoms with E-state index in [1.807, 2.05) is 6.07 Å². The first kappa shape index (κ1) is 14.6. The monoisotopic (exact) mass is 269 g/mol. The molecule has 2 heteroatoms. The zero-order valence-corrected chi connectivity index (χ0v) is 12.2. The summed E-state index contributed by atoms with van der Waals surface area (Å²) in [5.41, 5.74) is 3.63. The normalized spacial score (nSPS) is 13.8. The summed E-state index contributed by atoms with van der Waals surface area (Å²) in [6, 6.07) is 18.8. The third-order valence-electron chi connectivity index (χ3n) is 3.65. The minimum atomic E-state index is 0.0768. The first-order chi connectivity index (χ1) is 9.69. The van der Waals surface area contributed by atoms with Gasteiger partial charge < -0.3 is 10.4 Å². The largest absolute Gasteiger partial charge is 0.394 e. The molecule has 0 aliphatic carbocycles. The van der Waals surface area contributed by atoms with Crippen molar-refractivity contribution in [2.75, 3.05) is 11.9 Å². The molecule has 0 spiro atoms. The number of hydrogen-bond donors (Lipinski definition) is 2. The number of aliphatic hydroxyl groups is 1. The number of nitrogens with one attached hydrogen (secondary N) is 1. The maximum Gasteiger partial charge on any atom is 0.0633 e. The van der Waals surface area contributed by atoms with Gasteiger partial charge in [0.1, 0.15) is 0 Å². The minimum Gasteiger partial charge on any atom is -0.394 e. The van der Waals surface area contributed by atoms with Gasteiger partial charge >= 0.3 is 0 Å². The van der Waals surface area contributed by atoms with Gasteiger partial charge in [0.15, 0.2) is 0 Å². The van der Waals surface area contributed by atoms with Crippen LogP contribution < -0.4 is 5.32 Å². The Morgan fingerprint density at radius 2 is 1.65 bits per heavy atom. The van der Waals surface area contributed by atoms with E-state index in [9.17, 15) is 5.11 Å². The van der Waals surface area contributed by atoms with E-state index in [0.29, 0.717) is 5.92 Å². The Labute approximate surface area is 121 Å². The molecular weight excluding hydrogens is 246 g/mol. The molecule has 0 bridgehead atoms. The molecule has 2 aromatic carbocycles. The summed E-state index contributed by atoms with van der Waals surface area (Å²) in [5, 5.41) is 13.0. The van der Waals surface area contributed by atoms with Gasteiger partial charge in [0.05, 0.1) is 6.61 Å². The molecule has 2 rings (SSSR count). The molecule has 0 fully saturated rings. The average molecular weight is 269 g/mol. The molecule has 2 aromatic rings. The predicted octanol–water partition coefficient (Wildman–Crippen LogP) is 3.96. The van der Waals surface area contributed by atoms with Crippen LogP contribution in [0.1, 0.15) is 30.4 Å². The van der Waals surface area contributed by atoms with Crippen molar-refractivity contribution < 1.29 is 5.11 Å². The molecule has 0 saturated heterocycles. The standard InChI is InChI=1S/C18H23NO/c1-14-8-10-17(11-9-14)19-18(13-20)12-15(2)16-6-4-3-5-7-16/h3-11,15,18-20H,12-13H2,1-2H3. The molecule has 0 radical (unpaired) electrons. The van der Waals surface area contributed by atoms with Crippen molar-refractivity contribution in [1.82, 2.24) is 0 Å². The maximum absolute atomic E-state index is 9.58. The summed E-state index contributed by atoms with van der Waals surface area (Å²) in [7, 11) is 0. The lowest BCUT2D eigenvalue weighted by Gasteiger charge is -2.22. The van der Waals surface area contributed by atoms with E-state index in [-0.39, 0.29) is 12.6 Å². The predicted molar refractivity (Wildman–Crippen MR) is 85.1 cm³/mol. The van der Waals surface area contributed by atoms with E-state index in [4.69, 9.17) is 0 Å². The van der Waals surface area contributed by atoms with E-state index in [1.165, 1.54) is 11.1 Å². The van der Waals surface area contributed by atoms with Crippen molar-refractivity contribution in [2.24, 2.45) is 0 Å². The van der Waals surface area contributed by atoms with Crippen LogP contribution in [0.4, 0.5) is 5.69 Å². The van der Waals surface area contributed by atoms with Gasteiger partial charge in [0, 0.05) is 11.7 Å². The quantitative estimate of drug-likeness (QED) is 0.832. The van der Waals surface area contributed by atoms with Crippen LogP contribution >= 0.6 is 0 Å². The number of aryl methyl sites for hydroxylation is 1. The van der Waals surface area contributed by atoms with Crippen molar-refractivity contribution in [3.05, 3.63) is 65.7 Å². The van der Waals surface area contributed by atoms with Gasteiger partial charge in [-0.05, 0) is 37.0 Å². The lowest BCUT2D eigenvalue weighted by Crippen LogP contribution is -2.25. The Morgan fingerprint density at radius 3 is 2.25 bits per heavy atom. The van der Waals surface area contributed by atoms with Crippen molar-refractivity contribution in [3.8, 4) is 0 Å². The molecule has 0 heterocycles. The summed E-state index contributed by atoms with van der Waals surface area (Å²) in [4.78, 5) is 0. The highest BCUT2D eigenvalue weighted by atomic mass is 16.3. The maximum atomic E-state index is 9.58. The van der Waals surface area contributed by atoms with E-state index in [1.54, 1.807) is 0 Å². The van der Waals surface area contributed by atoms with Crippen molar-refractivity contribution >= 4 is 5.69 Å². The van der Waals surface area contributed by atoms with E-state index < -0.39 is 0 Å². The fourth-order valence-electron chi connectivity index (χ4n) is 2.41. The van der Waals surface area contributed by atoms with Crippen LogP contribution in [0.25, 0.3) is 0 Å². The second-order valence-electron chi connectivity index (χ2n) is 5.44. The molecule has 0 aromatic heterocycles. The highest BCUT2D eigenvalue weighted by molar-refractivity contribution is 5.45. The van der Waals surface area contributed by atoms with Crippen LogP contribution in [0, 0.1) is 6.92 Å². The Hall–Kier alpha value is -1.80. The number of rotatable bonds is 6. The smallest absolute Gasteiger partial charge is 0.0633 e. The SMILES string of the molecule is Cc1ccc(NC(CO)CC(C)c2ccccc2)cc1. The Morgan fingerprint density at radius 1 is 1.00 bits per heavy atom. The third-order valence-corrected chi connectivity index (χ3v) is 3.65. The fraction of sp³-hybridized carbons (Fsp3) is 0.333. The average Bonchev–Trinajstić information content (AvgIpc) is 2.49. The van der Waals surface area contributed by atoms with Gasteiger partial charge in [-0.3, -0.25) is 0 Å². The molecule has 2 N–H and O–H groups in total. The first-order valence-electron chi connectivity index (χ1n) is 7.18. The van der Waals surface area contributed by atoms with E-state index >= 15 is 0 Å². The van der Waals surface area contributed by atoms with Crippen LogP contribution in [0.5, 0.6) is 0 Å². The molecule has 2 atom stereocenters. The second kappa shape index (κ2) is 7.11. The molecular formula is C18H23NO. The van der Waals surface area contributed by atoms with Gasteiger partial charge in [-0.15, -0.1) is 0 Å². The molecule has 0 aliphatic heterocycles. The van der Waals surface area contributed by atoms with E-state index in [0.717, 1.165) is 12.1 Å². The molecule has 0 aliphatic rings. The van der Waals surface area contributed by atoms with Gasteiger partial charge in [0.2, 0.25) is 0 Å². The van der Waals surface area contributed by atoms with Gasteiger partial charge in [-0.1, -0.05) is 55.0 Å². The molecule has 0 amide bonds. The molecule has 20 heavy (non-hydrogen) atoms. The fourth-order valence-corrected chi connectivity index (χ4v) is 2.41. The highest BCUT2D eigenvalue weighted by Crippen LogP contribution is 2.22. The van der Waals surface area contributed by atoms with Gasteiger partial charge in [-0.2, -0.15) is 0 Å². The van der Waals surface area contributed by atoms with Crippen molar-refractivity contribution in [3.63, 3.8) is 0 Å². The Balaban J connectivity index is 1.97. The third kappa shape index (κ3) is 4.10.